The van der Waals surface area contributed by atoms with Gasteiger partial charge in [0.05, 0.1) is 18.2 Å². The Balaban J connectivity index is 1.51. The maximum atomic E-state index is 13.5. The van der Waals surface area contributed by atoms with Crippen molar-refractivity contribution in [2.45, 2.75) is 42.3 Å². The summed E-state index contributed by atoms with van der Waals surface area (Å²) < 4.78 is 6.64. The van der Waals surface area contributed by atoms with Crippen LogP contribution in [0.15, 0.2) is 94.8 Å². The van der Waals surface area contributed by atoms with Crippen LogP contribution >= 0.6 is 23.1 Å². The van der Waals surface area contributed by atoms with E-state index in [1.54, 1.807) is 24.3 Å². The van der Waals surface area contributed by atoms with Gasteiger partial charge < -0.3 is 9.84 Å². The number of amides is 1. The summed E-state index contributed by atoms with van der Waals surface area (Å²) in [4.78, 5) is 28.3. The van der Waals surface area contributed by atoms with Crippen LogP contribution in [0.5, 0.6) is 5.75 Å². The van der Waals surface area contributed by atoms with Crippen molar-refractivity contribution in [1.29, 1.82) is 0 Å². The summed E-state index contributed by atoms with van der Waals surface area (Å²) >= 11 is 2.76. The lowest BCUT2D eigenvalue weighted by molar-refractivity contribution is -0.132. The van der Waals surface area contributed by atoms with E-state index in [1.807, 2.05) is 60.7 Å². The first-order chi connectivity index (χ1) is 19.6. The minimum atomic E-state index is -0.890. The zero-order valence-electron chi connectivity index (χ0n) is 22.0. The van der Waals surface area contributed by atoms with E-state index in [9.17, 15) is 14.7 Å². The molecule has 0 aliphatic carbocycles. The molecule has 9 heteroatoms. The first-order valence-electron chi connectivity index (χ1n) is 13.2. The minimum absolute atomic E-state index is 0.00743. The van der Waals surface area contributed by atoms with Crippen LogP contribution in [0.2, 0.25) is 0 Å². The molecule has 0 radical (unpaired) electrons. The van der Waals surface area contributed by atoms with E-state index in [-0.39, 0.29) is 11.3 Å². The molecule has 0 bridgehead atoms. The van der Waals surface area contributed by atoms with Crippen LogP contribution < -0.4 is 9.64 Å². The van der Waals surface area contributed by atoms with Gasteiger partial charge in [-0.15, -0.1) is 10.2 Å². The molecule has 3 aromatic carbocycles. The number of ketones is 1. The lowest BCUT2D eigenvalue weighted by Gasteiger charge is -2.23. The Kier molecular flexibility index (Phi) is 8.93. The number of hydrogen-bond acceptors (Lipinski definition) is 8. The Hall–Kier alpha value is -3.95. The van der Waals surface area contributed by atoms with Gasteiger partial charge in [0, 0.05) is 11.3 Å². The average molecular weight is 572 g/mol. The van der Waals surface area contributed by atoms with Gasteiger partial charge in [-0.1, -0.05) is 116 Å². The Morgan fingerprint density at radius 3 is 2.48 bits per heavy atom. The molecular weight excluding hydrogens is 542 g/mol. The van der Waals surface area contributed by atoms with Crippen molar-refractivity contribution in [3.05, 3.63) is 107 Å². The van der Waals surface area contributed by atoms with Crippen molar-refractivity contribution >= 4 is 45.7 Å². The van der Waals surface area contributed by atoms with E-state index >= 15 is 0 Å². The predicted octanol–water partition coefficient (Wildman–Crippen LogP) is 7.03. The summed E-state index contributed by atoms with van der Waals surface area (Å²) in [5.41, 5.74) is 2.24. The maximum Gasteiger partial charge on any atom is 0.301 e. The fourth-order valence-electron chi connectivity index (χ4n) is 4.49. The number of anilines is 1. The monoisotopic (exact) mass is 571 g/mol. The first-order valence-corrected chi connectivity index (χ1v) is 15.0. The molecule has 1 aliphatic heterocycles. The van der Waals surface area contributed by atoms with Gasteiger partial charge in [-0.05, 0) is 29.7 Å². The highest BCUT2D eigenvalue weighted by Crippen LogP contribution is 2.44. The van der Waals surface area contributed by atoms with Crippen LogP contribution in [0.4, 0.5) is 5.13 Å². The van der Waals surface area contributed by atoms with Crippen molar-refractivity contribution < 1.29 is 19.4 Å². The average Bonchev–Trinajstić information content (AvgIpc) is 3.57. The molecule has 7 nitrogen and oxygen atoms in total. The lowest BCUT2D eigenvalue weighted by atomic mass is 9.95. The Labute approximate surface area is 241 Å². The number of aliphatic hydroxyl groups excluding tert-OH is 1. The smallest absolute Gasteiger partial charge is 0.301 e. The predicted molar refractivity (Wildman–Crippen MR) is 159 cm³/mol. The Morgan fingerprint density at radius 2 is 1.73 bits per heavy atom. The summed E-state index contributed by atoms with van der Waals surface area (Å²) in [5.74, 6) is -0.427. The standard InChI is InChI=1S/C31H29N3O4S2/c1-2-3-10-18-38-24-17-11-16-23(19-24)26-25(27(35)22-14-8-5-9-15-22)28(36)29(37)34(26)30-32-33-31(40-30)39-20-21-12-6-4-7-13-21/h4-9,11-17,19,26,35H,2-3,10,18,20H2,1H3. The van der Waals surface area contributed by atoms with Gasteiger partial charge in [0.1, 0.15) is 11.5 Å². The topological polar surface area (TPSA) is 92.6 Å². The van der Waals surface area contributed by atoms with Crippen LogP contribution in [0.25, 0.3) is 5.76 Å². The SMILES string of the molecule is CCCCCOc1cccc(C2C(=C(O)c3ccccc3)C(=O)C(=O)N2c2nnc(SCc3ccccc3)s2)c1. The van der Waals surface area contributed by atoms with Gasteiger partial charge >= 0.3 is 5.91 Å². The number of thioether (sulfide) groups is 1. The molecule has 4 aromatic rings. The summed E-state index contributed by atoms with van der Waals surface area (Å²) in [7, 11) is 0. The highest BCUT2D eigenvalue weighted by atomic mass is 32.2. The van der Waals surface area contributed by atoms with Crippen LogP contribution in [0.1, 0.15) is 48.9 Å². The number of carbonyl (C=O) groups excluding carboxylic acids is 2. The Morgan fingerprint density at radius 1 is 0.975 bits per heavy atom. The summed E-state index contributed by atoms with van der Waals surface area (Å²) in [6.45, 7) is 2.70. The molecule has 1 N–H and O–H groups in total. The van der Waals surface area contributed by atoms with E-state index in [1.165, 1.54) is 28.0 Å². The molecule has 1 fully saturated rings. The van der Waals surface area contributed by atoms with Crippen molar-refractivity contribution in [2.75, 3.05) is 11.5 Å². The number of unbranched alkanes of at least 4 members (excludes halogenated alkanes) is 2. The number of aromatic nitrogens is 2. The van der Waals surface area contributed by atoms with Crippen LogP contribution in [-0.2, 0) is 15.3 Å². The summed E-state index contributed by atoms with van der Waals surface area (Å²) in [6.07, 6.45) is 3.09. The van der Waals surface area contributed by atoms with Crippen molar-refractivity contribution in [3.8, 4) is 5.75 Å². The Bertz CT molecular complexity index is 1510. The lowest BCUT2D eigenvalue weighted by Crippen LogP contribution is -2.29. The van der Waals surface area contributed by atoms with Gasteiger partial charge in [-0.2, -0.15) is 0 Å². The normalized spacial score (nSPS) is 16.4. The second kappa shape index (κ2) is 12.9. The van der Waals surface area contributed by atoms with Crippen molar-refractivity contribution in [2.24, 2.45) is 0 Å². The molecular formula is C31H29N3O4S2. The molecule has 1 unspecified atom stereocenters. The highest BCUT2D eigenvalue weighted by Gasteiger charge is 2.48. The number of aliphatic hydroxyl groups is 1. The number of Topliss-reactive ketones (excluding diaryl/α,β-unsaturated/α-hetero) is 1. The van der Waals surface area contributed by atoms with Gasteiger partial charge in [0.2, 0.25) is 5.13 Å². The first kappa shape index (κ1) is 27.6. The number of ether oxygens (including phenoxy) is 1. The number of benzene rings is 3. The third-order valence-electron chi connectivity index (χ3n) is 6.49. The van der Waals surface area contributed by atoms with E-state index < -0.39 is 17.7 Å². The second-order valence-corrected chi connectivity index (χ2v) is 11.5. The molecule has 0 spiro atoms. The van der Waals surface area contributed by atoms with Crippen molar-refractivity contribution in [3.63, 3.8) is 0 Å². The number of rotatable bonds is 11. The van der Waals surface area contributed by atoms with Gasteiger partial charge in [0.15, 0.2) is 4.34 Å². The maximum absolute atomic E-state index is 13.5. The highest BCUT2D eigenvalue weighted by molar-refractivity contribution is 8.00. The van der Waals surface area contributed by atoms with Crippen molar-refractivity contribution in [1.82, 2.24) is 10.2 Å². The molecule has 204 valence electrons. The van der Waals surface area contributed by atoms with E-state index in [4.69, 9.17) is 4.74 Å². The molecule has 5 rings (SSSR count). The number of hydrogen-bond donors (Lipinski definition) is 1. The molecule has 40 heavy (non-hydrogen) atoms. The van der Waals surface area contributed by atoms with Crippen LogP contribution in [-0.4, -0.2) is 33.6 Å². The van der Waals surface area contributed by atoms with E-state index in [0.29, 0.717) is 38.7 Å². The number of carbonyl (C=O) groups is 2. The minimum Gasteiger partial charge on any atom is -0.507 e. The molecule has 1 saturated heterocycles. The van der Waals surface area contributed by atoms with E-state index in [2.05, 4.69) is 17.1 Å². The molecule has 1 aliphatic rings. The van der Waals surface area contributed by atoms with Crippen LogP contribution in [0, 0.1) is 0 Å². The molecule has 2 heterocycles. The third kappa shape index (κ3) is 6.11. The largest absolute Gasteiger partial charge is 0.507 e. The molecule has 1 amide bonds. The van der Waals surface area contributed by atoms with E-state index in [0.717, 1.165) is 24.8 Å². The summed E-state index contributed by atoms with van der Waals surface area (Å²) in [6, 6.07) is 25.2. The quantitative estimate of drug-likeness (QED) is 0.0516. The second-order valence-electron chi connectivity index (χ2n) is 9.29. The number of nitrogens with zero attached hydrogens (tertiary/aromatic N) is 3. The van der Waals surface area contributed by atoms with Gasteiger partial charge in [-0.3, -0.25) is 14.5 Å². The summed E-state index contributed by atoms with van der Waals surface area (Å²) in [5, 5.41) is 20.2. The van der Waals surface area contributed by atoms with Gasteiger partial charge in [-0.25, -0.2) is 0 Å². The molecule has 0 saturated carbocycles. The molecule has 1 aromatic heterocycles. The third-order valence-corrected chi connectivity index (χ3v) is 8.62. The fourth-order valence-corrected chi connectivity index (χ4v) is 6.31. The molecule has 1 atom stereocenters. The zero-order chi connectivity index (χ0) is 27.9. The van der Waals surface area contributed by atoms with Crippen LogP contribution in [0.3, 0.4) is 0 Å². The zero-order valence-corrected chi connectivity index (χ0v) is 23.7. The fraction of sp³-hybridized carbons (Fsp3) is 0.226. The van der Waals surface area contributed by atoms with Gasteiger partial charge in [0.25, 0.3) is 5.78 Å².